The third-order valence-corrected chi connectivity index (χ3v) is 1.87. The van der Waals surface area contributed by atoms with Crippen LogP contribution in [0.4, 0.5) is 5.69 Å². The van der Waals surface area contributed by atoms with Crippen LogP contribution in [0.1, 0.15) is 0 Å². The van der Waals surface area contributed by atoms with E-state index in [1.165, 1.54) is 0 Å². The summed E-state index contributed by atoms with van der Waals surface area (Å²) in [6.07, 6.45) is 0. The van der Waals surface area contributed by atoms with Crippen LogP contribution in [0.5, 0.6) is 0 Å². The second-order valence-corrected chi connectivity index (χ2v) is 3.15. The minimum atomic E-state index is -0.335. The van der Waals surface area contributed by atoms with E-state index in [0.29, 0.717) is 5.02 Å². The van der Waals surface area contributed by atoms with Gasteiger partial charge in [-0.05, 0) is 18.2 Å². The largest absolute Gasteiger partial charge is 0.394 e. The molecular formula is C9H12ClNO2. The van der Waals surface area contributed by atoms with Crippen molar-refractivity contribution in [1.29, 1.82) is 0 Å². The number of benzene rings is 1. The average molecular weight is 202 g/mol. The Kier molecular flexibility index (Phi) is 4.02. The maximum Gasteiger partial charge on any atom is 0.0723 e. The highest BCUT2D eigenvalue weighted by molar-refractivity contribution is 6.30. The van der Waals surface area contributed by atoms with Gasteiger partial charge in [-0.1, -0.05) is 17.7 Å². The summed E-state index contributed by atoms with van der Waals surface area (Å²) in [6.45, 7) is -0.216. The van der Waals surface area contributed by atoms with Crippen LogP contribution in [-0.2, 0) is 0 Å². The zero-order valence-electron chi connectivity index (χ0n) is 7.07. The van der Waals surface area contributed by atoms with E-state index < -0.39 is 0 Å². The minimum absolute atomic E-state index is 0.108. The van der Waals surface area contributed by atoms with Crippen LogP contribution < -0.4 is 5.32 Å². The van der Waals surface area contributed by atoms with Crippen molar-refractivity contribution >= 4 is 17.3 Å². The first-order chi connectivity index (χ1) is 6.26. The molecule has 0 spiro atoms. The minimum Gasteiger partial charge on any atom is -0.394 e. The molecule has 0 saturated heterocycles. The lowest BCUT2D eigenvalue weighted by Gasteiger charge is -2.14. The van der Waals surface area contributed by atoms with Crippen LogP contribution in [0.3, 0.4) is 0 Å². The fourth-order valence-corrected chi connectivity index (χ4v) is 1.15. The van der Waals surface area contributed by atoms with Crippen molar-refractivity contribution in [3.63, 3.8) is 0 Å². The molecule has 3 N–H and O–H groups in total. The lowest BCUT2D eigenvalue weighted by atomic mass is 10.2. The summed E-state index contributed by atoms with van der Waals surface area (Å²) in [4.78, 5) is 0. The van der Waals surface area contributed by atoms with E-state index in [-0.39, 0.29) is 19.3 Å². The van der Waals surface area contributed by atoms with Crippen molar-refractivity contribution in [2.45, 2.75) is 6.04 Å². The summed E-state index contributed by atoms with van der Waals surface area (Å²) >= 11 is 5.75. The molecular weight excluding hydrogens is 190 g/mol. The molecule has 0 heterocycles. The van der Waals surface area contributed by atoms with Gasteiger partial charge in [-0.2, -0.15) is 0 Å². The smallest absolute Gasteiger partial charge is 0.0723 e. The molecule has 0 unspecified atom stereocenters. The van der Waals surface area contributed by atoms with E-state index in [1.54, 1.807) is 18.2 Å². The van der Waals surface area contributed by atoms with Crippen molar-refractivity contribution in [2.75, 3.05) is 18.5 Å². The third kappa shape index (κ3) is 3.22. The molecule has 0 atom stereocenters. The topological polar surface area (TPSA) is 52.5 Å². The highest BCUT2D eigenvalue weighted by Gasteiger charge is 2.04. The molecule has 0 saturated carbocycles. The molecule has 13 heavy (non-hydrogen) atoms. The quantitative estimate of drug-likeness (QED) is 0.684. The number of aliphatic hydroxyl groups is 2. The van der Waals surface area contributed by atoms with Gasteiger partial charge >= 0.3 is 0 Å². The van der Waals surface area contributed by atoms with Crippen LogP contribution >= 0.6 is 11.6 Å². The molecule has 1 aromatic rings. The number of anilines is 1. The molecule has 3 nitrogen and oxygen atoms in total. The predicted molar refractivity (Wildman–Crippen MR) is 53.0 cm³/mol. The van der Waals surface area contributed by atoms with Gasteiger partial charge in [0.25, 0.3) is 0 Å². The molecule has 0 fully saturated rings. The van der Waals surface area contributed by atoms with Crippen molar-refractivity contribution in [1.82, 2.24) is 0 Å². The zero-order valence-corrected chi connectivity index (χ0v) is 7.83. The molecule has 0 radical (unpaired) electrons. The summed E-state index contributed by atoms with van der Waals surface area (Å²) in [6, 6.07) is 6.79. The highest BCUT2D eigenvalue weighted by Crippen LogP contribution is 2.15. The molecule has 0 aliphatic carbocycles. The summed E-state index contributed by atoms with van der Waals surface area (Å²) in [7, 11) is 0. The molecule has 0 amide bonds. The van der Waals surface area contributed by atoms with Crippen molar-refractivity contribution in [3.05, 3.63) is 29.3 Å². The standard InChI is InChI=1S/C9H12ClNO2/c10-7-2-1-3-8(4-7)11-9(5-12)6-13/h1-4,9,11-13H,5-6H2. The van der Waals surface area contributed by atoms with Gasteiger partial charge in [-0.25, -0.2) is 0 Å². The highest BCUT2D eigenvalue weighted by atomic mass is 35.5. The van der Waals surface area contributed by atoms with Gasteiger partial charge in [-0.15, -0.1) is 0 Å². The maximum absolute atomic E-state index is 8.80. The maximum atomic E-state index is 8.80. The lowest BCUT2D eigenvalue weighted by molar-refractivity contribution is 0.204. The van der Waals surface area contributed by atoms with Crippen molar-refractivity contribution < 1.29 is 10.2 Å². The van der Waals surface area contributed by atoms with Gasteiger partial charge in [0.05, 0.1) is 19.3 Å². The van der Waals surface area contributed by atoms with E-state index in [2.05, 4.69) is 5.32 Å². The normalized spacial score (nSPS) is 10.5. The van der Waals surface area contributed by atoms with E-state index in [1.807, 2.05) is 6.07 Å². The summed E-state index contributed by atoms with van der Waals surface area (Å²) in [5.41, 5.74) is 0.792. The Bertz CT molecular complexity index is 264. The van der Waals surface area contributed by atoms with E-state index in [9.17, 15) is 0 Å². The van der Waals surface area contributed by atoms with Crippen molar-refractivity contribution in [3.8, 4) is 0 Å². The summed E-state index contributed by atoms with van der Waals surface area (Å²) in [5, 5.41) is 21.2. The average Bonchev–Trinajstić information content (AvgIpc) is 2.14. The summed E-state index contributed by atoms with van der Waals surface area (Å²) in [5.74, 6) is 0. The van der Waals surface area contributed by atoms with Gasteiger partial charge < -0.3 is 15.5 Å². The number of rotatable bonds is 4. The number of hydrogen-bond acceptors (Lipinski definition) is 3. The predicted octanol–water partition coefficient (Wildman–Crippen LogP) is 1.11. The first-order valence-electron chi connectivity index (χ1n) is 4.00. The Morgan fingerprint density at radius 3 is 2.54 bits per heavy atom. The summed E-state index contributed by atoms with van der Waals surface area (Å²) < 4.78 is 0. The Morgan fingerprint density at radius 2 is 2.00 bits per heavy atom. The Balaban J connectivity index is 2.62. The number of halogens is 1. The fraction of sp³-hybridized carbons (Fsp3) is 0.333. The van der Waals surface area contributed by atoms with Gasteiger partial charge in [0.2, 0.25) is 0 Å². The van der Waals surface area contributed by atoms with Crippen molar-refractivity contribution in [2.24, 2.45) is 0 Å². The first kappa shape index (κ1) is 10.3. The molecule has 0 aliphatic rings. The number of aliphatic hydroxyl groups excluding tert-OH is 2. The Hall–Kier alpha value is -0.770. The first-order valence-corrected chi connectivity index (χ1v) is 4.38. The molecule has 4 heteroatoms. The number of nitrogens with one attached hydrogen (secondary N) is 1. The van der Waals surface area contributed by atoms with Crippen LogP contribution in [0.2, 0.25) is 5.02 Å². The molecule has 0 aromatic heterocycles. The van der Waals surface area contributed by atoms with Crippen LogP contribution in [0.25, 0.3) is 0 Å². The Morgan fingerprint density at radius 1 is 1.31 bits per heavy atom. The molecule has 0 aliphatic heterocycles. The molecule has 72 valence electrons. The van der Waals surface area contributed by atoms with Gasteiger partial charge in [0.15, 0.2) is 0 Å². The SMILES string of the molecule is OCC(CO)Nc1cccc(Cl)c1. The van der Waals surface area contributed by atoms with Gasteiger partial charge in [-0.3, -0.25) is 0 Å². The second-order valence-electron chi connectivity index (χ2n) is 2.72. The lowest BCUT2D eigenvalue weighted by Crippen LogP contribution is -2.27. The second kappa shape index (κ2) is 5.07. The monoisotopic (exact) mass is 201 g/mol. The molecule has 0 bridgehead atoms. The van der Waals surface area contributed by atoms with Crippen LogP contribution in [0.15, 0.2) is 24.3 Å². The van der Waals surface area contributed by atoms with E-state index in [4.69, 9.17) is 21.8 Å². The molecule has 1 aromatic carbocycles. The van der Waals surface area contributed by atoms with Gasteiger partial charge in [0, 0.05) is 10.7 Å². The van der Waals surface area contributed by atoms with Crippen LogP contribution in [0, 0.1) is 0 Å². The fourth-order valence-electron chi connectivity index (χ4n) is 0.963. The zero-order chi connectivity index (χ0) is 9.68. The van der Waals surface area contributed by atoms with E-state index in [0.717, 1.165) is 5.69 Å². The third-order valence-electron chi connectivity index (χ3n) is 1.64. The van der Waals surface area contributed by atoms with Crippen LogP contribution in [-0.4, -0.2) is 29.5 Å². The number of hydrogen-bond donors (Lipinski definition) is 3. The molecule has 1 rings (SSSR count). The Labute approximate surface area is 82.0 Å². The van der Waals surface area contributed by atoms with Gasteiger partial charge in [0.1, 0.15) is 0 Å². The van der Waals surface area contributed by atoms with E-state index >= 15 is 0 Å².